The number of aliphatic imine (C=N–C) groups is 1. The van der Waals surface area contributed by atoms with E-state index in [1.807, 2.05) is 6.92 Å². The van der Waals surface area contributed by atoms with Crippen molar-refractivity contribution in [2.45, 2.75) is 47.0 Å². The van der Waals surface area contributed by atoms with Crippen LogP contribution in [0.4, 0.5) is 0 Å². The minimum absolute atomic E-state index is 0.00920. The predicted molar refractivity (Wildman–Crippen MR) is 86.0 cm³/mol. The van der Waals surface area contributed by atoms with E-state index in [4.69, 9.17) is 0 Å². The normalized spacial score (nSPS) is 12.2. The Balaban J connectivity index is 4.02. The van der Waals surface area contributed by atoms with Crippen LogP contribution in [-0.4, -0.2) is 50.5 Å². The molecular formula is C15H32N4O. The van der Waals surface area contributed by atoms with Crippen molar-refractivity contribution in [2.24, 2.45) is 10.4 Å². The first-order valence-electron chi connectivity index (χ1n) is 7.48. The van der Waals surface area contributed by atoms with Gasteiger partial charge in [-0.1, -0.05) is 27.2 Å². The molecule has 0 unspecified atom stereocenters. The lowest BCUT2D eigenvalue weighted by molar-refractivity contribution is -0.127. The van der Waals surface area contributed by atoms with Gasteiger partial charge >= 0.3 is 0 Å². The van der Waals surface area contributed by atoms with E-state index < -0.39 is 0 Å². The lowest BCUT2D eigenvalue weighted by atomic mass is 9.90. The van der Waals surface area contributed by atoms with Gasteiger partial charge in [0.2, 0.25) is 5.91 Å². The van der Waals surface area contributed by atoms with E-state index in [0.29, 0.717) is 5.41 Å². The highest BCUT2D eigenvalue weighted by molar-refractivity contribution is 5.84. The van der Waals surface area contributed by atoms with Crippen molar-refractivity contribution in [3.8, 4) is 0 Å². The predicted octanol–water partition coefficient (Wildman–Crippen LogP) is 1.85. The molecule has 0 saturated heterocycles. The lowest BCUT2D eigenvalue weighted by Crippen LogP contribution is -2.38. The molecule has 5 nitrogen and oxygen atoms in total. The van der Waals surface area contributed by atoms with Gasteiger partial charge in [0.15, 0.2) is 5.96 Å². The van der Waals surface area contributed by atoms with Crippen LogP contribution in [0.25, 0.3) is 0 Å². The van der Waals surface area contributed by atoms with Gasteiger partial charge in [-0.15, -0.1) is 0 Å². The Bertz CT molecular complexity index is 305. The highest BCUT2D eigenvalue weighted by atomic mass is 16.2. The number of hydrogen-bond acceptors (Lipinski definition) is 2. The van der Waals surface area contributed by atoms with Crippen molar-refractivity contribution in [1.29, 1.82) is 0 Å². The number of hydrogen-bond donors (Lipinski definition) is 2. The second-order valence-electron chi connectivity index (χ2n) is 6.43. The Morgan fingerprint density at radius 2 is 1.80 bits per heavy atom. The summed E-state index contributed by atoms with van der Waals surface area (Å²) in [6.07, 6.45) is 3.54. The fourth-order valence-electron chi connectivity index (χ4n) is 1.62. The number of rotatable bonds is 7. The van der Waals surface area contributed by atoms with Crippen molar-refractivity contribution in [3.05, 3.63) is 0 Å². The molecule has 5 heteroatoms. The molecule has 0 rings (SSSR count). The van der Waals surface area contributed by atoms with Crippen LogP contribution in [0.5, 0.6) is 0 Å². The average molecular weight is 284 g/mol. The second-order valence-corrected chi connectivity index (χ2v) is 6.43. The monoisotopic (exact) mass is 284 g/mol. The van der Waals surface area contributed by atoms with Gasteiger partial charge in [0, 0.05) is 27.2 Å². The van der Waals surface area contributed by atoms with Gasteiger partial charge in [-0.25, -0.2) is 4.99 Å². The summed E-state index contributed by atoms with van der Waals surface area (Å²) in [5.74, 6) is 0.730. The maximum atomic E-state index is 11.5. The Morgan fingerprint density at radius 3 is 2.30 bits per heavy atom. The van der Waals surface area contributed by atoms with Gasteiger partial charge in [-0.3, -0.25) is 4.79 Å². The van der Waals surface area contributed by atoms with E-state index in [1.165, 1.54) is 12.8 Å². The van der Waals surface area contributed by atoms with Gasteiger partial charge < -0.3 is 15.5 Å². The summed E-state index contributed by atoms with van der Waals surface area (Å²) in [4.78, 5) is 17.3. The largest absolute Gasteiger partial charge is 0.357 e. The molecule has 0 aromatic rings. The number of nitrogens with one attached hydrogen (secondary N) is 2. The number of likely N-dealkylation sites (N-methyl/N-ethyl adjacent to an activating group) is 1. The molecule has 0 radical (unpaired) electrons. The summed E-state index contributed by atoms with van der Waals surface area (Å²) < 4.78 is 0. The molecule has 0 bridgehead atoms. The lowest BCUT2D eigenvalue weighted by Gasteiger charge is -2.18. The summed E-state index contributed by atoms with van der Waals surface area (Å²) in [5, 5.41) is 6.42. The smallest absolute Gasteiger partial charge is 0.243 e. The third-order valence-electron chi connectivity index (χ3n) is 2.86. The molecular weight excluding hydrogens is 252 g/mol. The van der Waals surface area contributed by atoms with Crippen molar-refractivity contribution in [1.82, 2.24) is 15.5 Å². The van der Waals surface area contributed by atoms with E-state index in [-0.39, 0.29) is 12.5 Å². The standard InChI is InChI=1S/C15H32N4O/c1-7-16-14(18-12-13(20)19(5)6)17-11-9-8-10-15(2,3)4/h7-12H2,1-6H3,(H2,16,17,18). The SMILES string of the molecule is CCNC(=NCC(=O)N(C)C)NCCCCC(C)(C)C. The fourth-order valence-corrected chi connectivity index (χ4v) is 1.62. The second kappa shape index (κ2) is 9.61. The molecule has 0 aliphatic rings. The van der Waals surface area contributed by atoms with Crippen LogP contribution in [0, 0.1) is 5.41 Å². The summed E-state index contributed by atoms with van der Waals surface area (Å²) in [6.45, 7) is 10.7. The molecule has 0 aromatic heterocycles. The van der Waals surface area contributed by atoms with Crippen molar-refractivity contribution >= 4 is 11.9 Å². The Morgan fingerprint density at radius 1 is 1.15 bits per heavy atom. The first kappa shape index (κ1) is 18.7. The fraction of sp³-hybridized carbons (Fsp3) is 0.867. The molecule has 20 heavy (non-hydrogen) atoms. The molecule has 118 valence electrons. The Hall–Kier alpha value is -1.26. The zero-order valence-electron chi connectivity index (χ0n) is 14.0. The number of unbranched alkanes of at least 4 members (excludes halogenated alkanes) is 1. The molecule has 0 spiro atoms. The number of carbonyl (C=O) groups excluding carboxylic acids is 1. The van der Waals surface area contributed by atoms with Crippen LogP contribution in [0.2, 0.25) is 0 Å². The third kappa shape index (κ3) is 10.6. The molecule has 1 amide bonds. The van der Waals surface area contributed by atoms with Crippen molar-refractivity contribution < 1.29 is 4.79 Å². The maximum Gasteiger partial charge on any atom is 0.243 e. The number of carbonyl (C=O) groups is 1. The molecule has 2 N–H and O–H groups in total. The van der Waals surface area contributed by atoms with E-state index in [0.717, 1.165) is 25.5 Å². The maximum absolute atomic E-state index is 11.5. The quantitative estimate of drug-likeness (QED) is 0.426. The molecule has 0 saturated carbocycles. The van der Waals surface area contributed by atoms with Gasteiger partial charge in [0.1, 0.15) is 6.54 Å². The van der Waals surface area contributed by atoms with Crippen LogP contribution >= 0.6 is 0 Å². The first-order chi connectivity index (χ1) is 9.26. The molecule has 0 heterocycles. The van der Waals surface area contributed by atoms with Crippen LogP contribution < -0.4 is 10.6 Å². The van der Waals surface area contributed by atoms with E-state index in [2.05, 4.69) is 36.4 Å². The zero-order valence-corrected chi connectivity index (χ0v) is 14.0. The van der Waals surface area contributed by atoms with Crippen LogP contribution in [0.1, 0.15) is 47.0 Å². The van der Waals surface area contributed by atoms with E-state index in [1.54, 1.807) is 19.0 Å². The van der Waals surface area contributed by atoms with Crippen LogP contribution in [0.3, 0.4) is 0 Å². The van der Waals surface area contributed by atoms with Crippen LogP contribution in [-0.2, 0) is 4.79 Å². The molecule has 0 aliphatic heterocycles. The third-order valence-corrected chi connectivity index (χ3v) is 2.86. The molecule has 0 aromatic carbocycles. The number of amides is 1. The van der Waals surface area contributed by atoms with E-state index in [9.17, 15) is 4.79 Å². The zero-order chi connectivity index (χ0) is 15.6. The highest BCUT2D eigenvalue weighted by Gasteiger charge is 2.09. The summed E-state index contributed by atoms with van der Waals surface area (Å²) in [5.41, 5.74) is 0.400. The van der Waals surface area contributed by atoms with Crippen molar-refractivity contribution in [3.63, 3.8) is 0 Å². The van der Waals surface area contributed by atoms with Gasteiger partial charge in [0.25, 0.3) is 0 Å². The van der Waals surface area contributed by atoms with E-state index >= 15 is 0 Å². The average Bonchev–Trinajstić information content (AvgIpc) is 2.33. The van der Waals surface area contributed by atoms with Gasteiger partial charge in [-0.05, 0) is 25.2 Å². The molecule has 0 fully saturated rings. The molecule has 0 aliphatic carbocycles. The minimum Gasteiger partial charge on any atom is -0.357 e. The van der Waals surface area contributed by atoms with Crippen molar-refractivity contribution in [2.75, 3.05) is 33.7 Å². The number of guanidine groups is 1. The summed E-state index contributed by atoms with van der Waals surface area (Å²) in [7, 11) is 3.48. The Kier molecular flexibility index (Phi) is 9.01. The number of nitrogens with zero attached hydrogens (tertiary/aromatic N) is 2. The highest BCUT2D eigenvalue weighted by Crippen LogP contribution is 2.21. The summed E-state index contributed by atoms with van der Waals surface area (Å²) in [6, 6.07) is 0. The minimum atomic E-state index is 0.00920. The van der Waals surface area contributed by atoms with Gasteiger partial charge in [0.05, 0.1) is 0 Å². The molecule has 0 atom stereocenters. The van der Waals surface area contributed by atoms with Crippen LogP contribution in [0.15, 0.2) is 4.99 Å². The Labute approximate surface area is 124 Å². The topological polar surface area (TPSA) is 56.7 Å². The summed E-state index contributed by atoms with van der Waals surface area (Å²) >= 11 is 0. The van der Waals surface area contributed by atoms with Gasteiger partial charge in [-0.2, -0.15) is 0 Å². The first-order valence-corrected chi connectivity index (χ1v) is 7.48.